The number of nitrogens with zero attached hydrogens (tertiary/aromatic N) is 1. The van der Waals surface area contributed by atoms with Crippen molar-refractivity contribution in [2.45, 2.75) is 18.8 Å². The second kappa shape index (κ2) is 4.71. The van der Waals surface area contributed by atoms with Crippen LogP contribution < -0.4 is 0 Å². The van der Waals surface area contributed by atoms with Gasteiger partial charge in [0, 0.05) is 19.0 Å². The third-order valence-corrected chi connectivity index (χ3v) is 3.14. The van der Waals surface area contributed by atoms with Gasteiger partial charge in [-0.15, -0.1) is 11.6 Å². The molecule has 3 nitrogen and oxygen atoms in total. The van der Waals surface area contributed by atoms with Crippen LogP contribution in [-0.4, -0.2) is 29.8 Å². The molecule has 15 heavy (non-hydrogen) atoms. The fraction of sp³-hybridized carbons (Fsp3) is 0.545. The number of likely N-dealkylation sites (tertiary alicyclic amines) is 1. The van der Waals surface area contributed by atoms with Gasteiger partial charge in [0.15, 0.2) is 0 Å². The van der Waals surface area contributed by atoms with Crippen LogP contribution in [0.4, 0.5) is 0 Å². The van der Waals surface area contributed by atoms with E-state index in [1.165, 1.54) is 0 Å². The van der Waals surface area contributed by atoms with E-state index in [4.69, 9.17) is 16.0 Å². The molecule has 1 aliphatic rings. The van der Waals surface area contributed by atoms with E-state index >= 15 is 0 Å². The largest absolute Gasteiger partial charge is 0.469 e. The maximum Gasteiger partial charge on any atom is 0.237 e. The Balaban J connectivity index is 1.90. The number of furan rings is 1. The topological polar surface area (TPSA) is 33.5 Å². The second-order valence-corrected chi connectivity index (χ2v) is 4.07. The highest BCUT2D eigenvalue weighted by atomic mass is 35.5. The van der Waals surface area contributed by atoms with Crippen molar-refractivity contribution >= 4 is 17.5 Å². The Labute approximate surface area is 94.0 Å². The normalized spacial score (nSPS) is 18.1. The summed E-state index contributed by atoms with van der Waals surface area (Å²) in [5.74, 6) is 1.62. The molecule has 1 fully saturated rings. The first-order valence-electron chi connectivity index (χ1n) is 5.18. The zero-order chi connectivity index (χ0) is 10.7. The molecule has 0 atom stereocenters. The molecule has 1 aliphatic heterocycles. The average molecular weight is 228 g/mol. The van der Waals surface area contributed by atoms with Crippen molar-refractivity contribution in [2.24, 2.45) is 0 Å². The summed E-state index contributed by atoms with van der Waals surface area (Å²) in [7, 11) is 0. The number of carbonyl (C=O) groups is 1. The van der Waals surface area contributed by atoms with Crippen LogP contribution in [0.5, 0.6) is 0 Å². The van der Waals surface area contributed by atoms with Crippen LogP contribution in [0.15, 0.2) is 22.8 Å². The van der Waals surface area contributed by atoms with E-state index in [9.17, 15) is 4.79 Å². The van der Waals surface area contributed by atoms with Crippen LogP contribution in [-0.2, 0) is 4.79 Å². The minimum atomic E-state index is 0.0366. The lowest BCUT2D eigenvalue weighted by atomic mass is 9.94. The molecule has 2 heterocycles. The van der Waals surface area contributed by atoms with Gasteiger partial charge in [0.25, 0.3) is 0 Å². The molecule has 0 radical (unpaired) electrons. The van der Waals surface area contributed by atoms with Gasteiger partial charge in [0.2, 0.25) is 5.91 Å². The maximum atomic E-state index is 11.3. The molecule has 0 aromatic carbocycles. The fourth-order valence-corrected chi connectivity index (χ4v) is 2.19. The van der Waals surface area contributed by atoms with Crippen LogP contribution in [0, 0.1) is 0 Å². The van der Waals surface area contributed by atoms with Gasteiger partial charge >= 0.3 is 0 Å². The quantitative estimate of drug-likeness (QED) is 0.726. The van der Waals surface area contributed by atoms with Crippen LogP contribution in [0.2, 0.25) is 0 Å². The highest BCUT2D eigenvalue weighted by Crippen LogP contribution is 2.28. The van der Waals surface area contributed by atoms with E-state index in [0.717, 1.165) is 31.7 Å². The number of halogens is 1. The Morgan fingerprint density at radius 3 is 2.80 bits per heavy atom. The van der Waals surface area contributed by atoms with Crippen LogP contribution >= 0.6 is 11.6 Å². The van der Waals surface area contributed by atoms with Gasteiger partial charge in [0.1, 0.15) is 11.6 Å². The maximum absolute atomic E-state index is 11.3. The Kier molecular flexibility index (Phi) is 3.31. The number of hydrogen-bond donors (Lipinski definition) is 0. The zero-order valence-corrected chi connectivity index (χ0v) is 9.24. The van der Waals surface area contributed by atoms with Crippen molar-refractivity contribution in [2.75, 3.05) is 19.0 Å². The Bertz CT molecular complexity index is 315. The molecular formula is C11H14ClNO2. The van der Waals surface area contributed by atoms with Gasteiger partial charge in [-0.25, -0.2) is 0 Å². The van der Waals surface area contributed by atoms with Crippen molar-refractivity contribution in [3.8, 4) is 0 Å². The summed E-state index contributed by atoms with van der Waals surface area (Å²) in [6.45, 7) is 1.58. The molecule has 0 spiro atoms. The first-order valence-corrected chi connectivity index (χ1v) is 5.72. The smallest absolute Gasteiger partial charge is 0.237 e. The third-order valence-electron chi connectivity index (χ3n) is 2.91. The number of rotatable bonds is 2. The predicted octanol–water partition coefficient (Wildman–Crippen LogP) is 2.22. The molecule has 0 unspecified atom stereocenters. The SMILES string of the molecule is O=C(CCl)N1CCC(c2ccco2)CC1. The van der Waals surface area contributed by atoms with Crippen molar-refractivity contribution < 1.29 is 9.21 Å². The van der Waals surface area contributed by atoms with E-state index in [1.807, 2.05) is 17.0 Å². The molecule has 1 aromatic heterocycles. The summed E-state index contributed by atoms with van der Waals surface area (Å²) in [5.41, 5.74) is 0. The van der Waals surface area contributed by atoms with Crippen molar-refractivity contribution in [3.63, 3.8) is 0 Å². The Morgan fingerprint density at radius 1 is 1.53 bits per heavy atom. The number of alkyl halides is 1. The lowest BCUT2D eigenvalue weighted by molar-refractivity contribution is -0.129. The van der Waals surface area contributed by atoms with Crippen LogP contribution in [0.3, 0.4) is 0 Å². The van der Waals surface area contributed by atoms with E-state index in [2.05, 4.69) is 0 Å². The van der Waals surface area contributed by atoms with Crippen molar-refractivity contribution in [1.29, 1.82) is 0 Å². The Hall–Kier alpha value is -0.960. The average Bonchev–Trinajstić information content (AvgIpc) is 2.82. The molecule has 82 valence electrons. The molecule has 4 heteroatoms. The lowest BCUT2D eigenvalue weighted by Crippen LogP contribution is -2.38. The van der Waals surface area contributed by atoms with Gasteiger partial charge in [-0.2, -0.15) is 0 Å². The standard InChI is InChI=1S/C11H14ClNO2/c12-8-11(14)13-5-3-9(4-6-13)10-2-1-7-15-10/h1-2,7,9H,3-6,8H2. The first kappa shape index (κ1) is 10.6. The van der Waals surface area contributed by atoms with E-state index in [1.54, 1.807) is 6.26 Å². The molecule has 1 aromatic rings. The summed E-state index contributed by atoms with van der Waals surface area (Å²) in [6, 6.07) is 3.91. The summed E-state index contributed by atoms with van der Waals surface area (Å²) in [4.78, 5) is 13.2. The molecule has 1 amide bonds. The van der Waals surface area contributed by atoms with Crippen molar-refractivity contribution in [3.05, 3.63) is 24.2 Å². The molecule has 0 saturated carbocycles. The molecule has 2 rings (SSSR count). The van der Waals surface area contributed by atoms with Crippen LogP contribution in [0.1, 0.15) is 24.5 Å². The highest BCUT2D eigenvalue weighted by molar-refractivity contribution is 6.27. The van der Waals surface area contributed by atoms with Gasteiger partial charge in [-0.05, 0) is 25.0 Å². The second-order valence-electron chi connectivity index (χ2n) is 3.80. The van der Waals surface area contributed by atoms with Crippen molar-refractivity contribution in [1.82, 2.24) is 4.90 Å². The zero-order valence-electron chi connectivity index (χ0n) is 8.49. The highest BCUT2D eigenvalue weighted by Gasteiger charge is 2.24. The predicted molar refractivity (Wildman–Crippen MR) is 58.0 cm³/mol. The summed E-state index contributed by atoms with van der Waals surface area (Å²) < 4.78 is 5.37. The minimum absolute atomic E-state index is 0.0366. The number of piperidine rings is 1. The molecular weight excluding hydrogens is 214 g/mol. The van der Waals surface area contributed by atoms with Gasteiger partial charge in [-0.1, -0.05) is 0 Å². The molecule has 0 N–H and O–H groups in total. The van der Waals surface area contributed by atoms with Gasteiger partial charge in [0.05, 0.1) is 6.26 Å². The van der Waals surface area contributed by atoms with E-state index < -0.39 is 0 Å². The number of carbonyl (C=O) groups excluding carboxylic acids is 1. The third kappa shape index (κ3) is 2.34. The monoisotopic (exact) mass is 227 g/mol. The molecule has 1 saturated heterocycles. The van der Waals surface area contributed by atoms with Gasteiger partial charge < -0.3 is 9.32 Å². The molecule has 0 aliphatic carbocycles. The number of hydrogen-bond acceptors (Lipinski definition) is 2. The summed E-state index contributed by atoms with van der Waals surface area (Å²) >= 11 is 5.51. The number of amides is 1. The summed E-state index contributed by atoms with van der Waals surface area (Å²) in [6.07, 6.45) is 3.64. The van der Waals surface area contributed by atoms with Gasteiger partial charge in [-0.3, -0.25) is 4.79 Å². The van der Waals surface area contributed by atoms with E-state index in [-0.39, 0.29) is 11.8 Å². The Morgan fingerprint density at radius 2 is 2.27 bits per heavy atom. The molecule has 0 bridgehead atoms. The lowest BCUT2D eigenvalue weighted by Gasteiger charge is -2.30. The minimum Gasteiger partial charge on any atom is -0.469 e. The summed E-state index contributed by atoms with van der Waals surface area (Å²) in [5, 5.41) is 0. The van der Waals surface area contributed by atoms with E-state index in [0.29, 0.717) is 5.92 Å². The first-order chi connectivity index (χ1) is 7.31. The fourth-order valence-electron chi connectivity index (χ4n) is 2.02. The van der Waals surface area contributed by atoms with Crippen LogP contribution in [0.25, 0.3) is 0 Å².